The molecule has 19 heavy (non-hydrogen) atoms. The third kappa shape index (κ3) is 4.33. The fraction of sp³-hybridized carbons (Fsp3) is 0.538. The van der Waals surface area contributed by atoms with Crippen molar-refractivity contribution < 1.29 is 14.3 Å². The number of nitrogens with two attached hydrogens (primary N) is 1. The second-order valence-corrected chi connectivity index (χ2v) is 5.54. The van der Waals surface area contributed by atoms with Gasteiger partial charge >= 0.3 is 5.97 Å². The van der Waals surface area contributed by atoms with E-state index >= 15 is 0 Å². The molecule has 1 amide bonds. The zero-order chi connectivity index (χ0) is 14.4. The molecule has 5 nitrogen and oxygen atoms in total. The topological polar surface area (TPSA) is 81.4 Å². The van der Waals surface area contributed by atoms with Crippen LogP contribution in [0.2, 0.25) is 0 Å². The minimum absolute atomic E-state index is 0.127. The maximum absolute atomic E-state index is 11.9. The highest BCUT2D eigenvalue weighted by Crippen LogP contribution is 2.28. The van der Waals surface area contributed by atoms with Gasteiger partial charge in [0.1, 0.15) is 5.00 Å². The minimum atomic E-state index is -0.409. The van der Waals surface area contributed by atoms with Crippen LogP contribution in [0.1, 0.15) is 35.5 Å². The van der Waals surface area contributed by atoms with E-state index in [2.05, 4.69) is 5.32 Å². The Morgan fingerprint density at radius 1 is 1.53 bits per heavy atom. The van der Waals surface area contributed by atoms with Gasteiger partial charge in [0.05, 0.1) is 12.2 Å². The van der Waals surface area contributed by atoms with Crippen LogP contribution in [0, 0.1) is 12.8 Å². The molecule has 0 aromatic carbocycles. The maximum Gasteiger partial charge on any atom is 0.341 e. The number of carbonyl (C=O) groups is 2. The lowest BCUT2D eigenvalue weighted by Crippen LogP contribution is -2.23. The molecule has 0 fully saturated rings. The normalized spacial score (nSPS) is 12.0. The van der Waals surface area contributed by atoms with E-state index < -0.39 is 5.97 Å². The standard InChI is InChI=1S/C13H20N2O3S/c1-4-18-13(17)10-7-9(3)19-12(10)15-11(16)8(2)5-6-14/h7-8H,4-6,14H2,1-3H3,(H,15,16). The molecule has 0 aliphatic heterocycles. The van der Waals surface area contributed by atoms with Crippen LogP contribution in [0.15, 0.2) is 6.07 Å². The first kappa shape index (κ1) is 15.7. The Hall–Kier alpha value is -1.40. The van der Waals surface area contributed by atoms with Crippen LogP contribution in [0.25, 0.3) is 0 Å². The van der Waals surface area contributed by atoms with Crippen molar-refractivity contribution in [2.24, 2.45) is 11.7 Å². The van der Waals surface area contributed by atoms with Crippen molar-refractivity contribution in [2.75, 3.05) is 18.5 Å². The number of rotatable bonds is 6. The lowest BCUT2D eigenvalue weighted by molar-refractivity contribution is -0.119. The van der Waals surface area contributed by atoms with Gasteiger partial charge in [0.2, 0.25) is 5.91 Å². The van der Waals surface area contributed by atoms with Crippen LogP contribution in [0.4, 0.5) is 5.00 Å². The highest BCUT2D eigenvalue weighted by atomic mass is 32.1. The third-order valence-electron chi connectivity index (χ3n) is 2.63. The summed E-state index contributed by atoms with van der Waals surface area (Å²) in [5.74, 6) is -0.714. The number of hydrogen-bond donors (Lipinski definition) is 2. The number of anilines is 1. The van der Waals surface area contributed by atoms with Gasteiger partial charge in [0.15, 0.2) is 0 Å². The molecule has 1 aromatic heterocycles. The second kappa shape index (κ2) is 7.25. The quantitative estimate of drug-likeness (QED) is 0.784. The Morgan fingerprint density at radius 2 is 2.21 bits per heavy atom. The zero-order valence-corrected chi connectivity index (χ0v) is 12.3. The number of ether oxygens (including phenoxy) is 1. The Morgan fingerprint density at radius 3 is 2.79 bits per heavy atom. The number of carbonyl (C=O) groups excluding carboxylic acids is 2. The SMILES string of the molecule is CCOC(=O)c1cc(C)sc1NC(=O)C(C)CCN. The predicted molar refractivity (Wildman–Crippen MR) is 76.5 cm³/mol. The molecule has 106 valence electrons. The van der Waals surface area contributed by atoms with E-state index in [4.69, 9.17) is 10.5 Å². The van der Waals surface area contributed by atoms with Gasteiger partial charge in [-0.3, -0.25) is 4.79 Å². The summed E-state index contributed by atoms with van der Waals surface area (Å²) < 4.78 is 4.97. The van der Waals surface area contributed by atoms with Gasteiger partial charge in [-0.25, -0.2) is 4.79 Å². The van der Waals surface area contributed by atoms with Gasteiger partial charge in [-0.15, -0.1) is 11.3 Å². The molecule has 1 atom stereocenters. The fourth-order valence-electron chi connectivity index (χ4n) is 1.58. The second-order valence-electron chi connectivity index (χ2n) is 4.29. The fourth-order valence-corrected chi connectivity index (χ4v) is 2.49. The lowest BCUT2D eigenvalue weighted by Gasteiger charge is -2.10. The van der Waals surface area contributed by atoms with E-state index in [1.165, 1.54) is 11.3 Å². The highest BCUT2D eigenvalue weighted by Gasteiger charge is 2.20. The Bertz CT molecular complexity index is 457. The molecule has 1 heterocycles. The highest BCUT2D eigenvalue weighted by molar-refractivity contribution is 7.16. The van der Waals surface area contributed by atoms with Crippen molar-refractivity contribution in [2.45, 2.75) is 27.2 Å². The van der Waals surface area contributed by atoms with Gasteiger partial charge < -0.3 is 15.8 Å². The van der Waals surface area contributed by atoms with Crippen molar-refractivity contribution in [3.05, 3.63) is 16.5 Å². The summed E-state index contributed by atoms with van der Waals surface area (Å²) in [6.45, 7) is 6.21. The van der Waals surface area contributed by atoms with Gasteiger partial charge in [-0.2, -0.15) is 0 Å². The van der Waals surface area contributed by atoms with E-state index in [0.717, 1.165) is 4.88 Å². The predicted octanol–water partition coefficient (Wildman–Crippen LogP) is 2.16. The summed E-state index contributed by atoms with van der Waals surface area (Å²) in [4.78, 5) is 24.7. The molecule has 1 unspecified atom stereocenters. The monoisotopic (exact) mass is 284 g/mol. The molecule has 0 spiro atoms. The number of amides is 1. The molecule has 0 saturated heterocycles. The third-order valence-corrected chi connectivity index (χ3v) is 3.60. The summed E-state index contributed by atoms with van der Waals surface area (Å²) in [5.41, 5.74) is 5.85. The number of aryl methyl sites for hydroxylation is 1. The Balaban J connectivity index is 2.83. The van der Waals surface area contributed by atoms with Crippen molar-refractivity contribution in [1.82, 2.24) is 0 Å². The van der Waals surface area contributed by atoms with Crippen molar-refractivity contribution in [1.29, 1.82) is 0 Å². The molecule has 3 N–H and O–H groups in total. The summed E-state index contributed by atoms with van der Waals surface area (Å²) >= 11 is 1.37. The molecule has 0 aliphatic rings. The molecular weight excluding hydrogens is 264 g/mol. The van der Waals surface area contributed by atoms with Crippen LogP contribution in [-0.4, -0.2) is 25.0 Å². The van der Waals surface area contributed by atoms with Crippen molar-refractivity contribution in [3.8, 4) is 0 Å². The van der Waals surface area contributed by atoms with Gasteiger partial charge in [0.25, 0.3) is 0 Å². The van der Waals surface area contributed by atoms with Crippen LogP contribution in [-0.2, 0) is 9.53 Å². The number of esters is 1. The van der Waals surface area contributed by atoms with E-state index in [1.807, 2.05) is 13.8 Å². The summed E-state index contributed by atoms with van der Waals surface area (Å²) in [7, 11) is 0. The van der Waals surface area contributed by atoms with Crippen LogP contribution >= 0.6 is 11.3 Å². The van der Waals surface area contributed by atoms with Crippen LogP contribution in [0.5, 0.6) is 0 Å². The van der Waals surface area contributed by atoms with Gasteiger partial charge in [0, 0.05) is 10.8 Å². The van der Waals surface area contributed by atoms with Crippen molar-refractivity contribution >= 4 is 28.2 Å². The maximum atomic E-state index is 11.9. The molecule has 6 heteroatoms. The molecule has 0 radical (unpaired) electrons. The first-order valence-electron chi connectivity index (χ1n) is 6.28. The van der Waals surface area contributed by atoms with Crippen LogP contribution < -0.4 is 11.1 Å². The van der Waals surface area contributed by atoms with E-state index in [1.54, 1.807) is 13.0 Å². The Kier molecular flexibility index (Phi) is 5.98. The van der Waals surface area contributed by atoms with Gasteiger partial charge in [-0.05, 0) is 32.9 Å². The number of thiophene rings is 1. The average molecular weight is 284 g/mol. The average Bonchev–Trinajstić information content (AvgIpc) is 2.71. The largest absolute Gasteiger partial charge is 0.462 e. The molecule has 1 rings (SSSR count). The van der Waals surface area contributed by atoms with E-state index in [9.17, 15) is 9.59 Å². The van der Waals surface area contributed by atoms with Gasteiger partial charge in [-0.1, -0.05) is 6.92 Å². The molecular formula is C13H20N2O3S. The van der Waals surface area contributed by atoms with Crippen LogP contribution in [0.3, 0.4) is 0 Å². The summed E-state index contributed by atoms with van der Waals surface area (Å²) in [6, 6.07) is 1.73. The summed E-state index contributed by atoms with van der Waals surface area (Å²) in [5, 5.41) is 3.32. The molecule has 0 bridgehead atoms. The molecule has 1 aromatic rings. The smallest absolute Gasteiger partial charge is 0.341 e. The van der Waals surface area contributed by atoms with Crippen molar-refractivity contribution in [3.63, 3.8) is 0 Å². The molecule has 0 saturated carbocycles. The zero-order valence-electron chi connectivity index (χ0n) is 11.5. The molecule has 0 aliphatic carbocycles. The Labute approximate surface area is 117 Å². The lowest BCUT2D eigenvalue weighted by atomic mass is 10.1. The number of nitrogens with one attached hydrogen (secondary N) is 1. The van der Waals surface area contributed by atoms with E-state index in [0.29, 0.717) is 30.1 Å². The summed E-state index contributed by atoms with van der Waals surface area (Å²) in [6.07, 6.45) is 0.616. The van der Waals surface area contributed by atoms with E-state index in [-0.39, 0.29) is 11.8 Å². The minimum Gasteiger partial charge on any atom is -0.462 e. The first-order chi connectivity index (χ1) is 8.99. The first-order valence-corrected chi connectivity index (χ1v) is 7.09. The number of hydrogen-bond acceptors (Lipinski definition) is 5.